The lowest BCUT2D eigenvalue weighted by atomic mass is 9.93. The van der Waals surface area contributed by atoms with Crippen molar-refractivity contribution in [2.45, 2.75) is 25.7 Å². The number of aliphatic hydroxyl groups excluding tert-OH is 1. The fourth-order valence-electron chi connectivity index (χ4n) is 2.92. The number of methoxy groups -OCH3 is 2. The number of hydrogen-bond donors (Lipinski definition) is 1. The van der Waals surface area contributed by atoms with Crippen LogP contribution in [0.1, 0.15) is 44.7 Å². The second-order valence-electron chi connectivity index (χ2n) is 6.50. The van der Waals surface area contributed by atoms with E-state index in [1.165, 1.54) is 14.2 Å². The van der Waals surface area contributed by atoms with Crippen molar-refractivity contribution in [2.75, 3.05) is 20.8 Å². The van der Waals surface area contributed by atoms with E-state index in [0.29, 0.717) is 11.1 Å². The molecule has 5 nitrogen and oxygen atoms in total. The molecule has 0 atom stereocenters. The fourth-order valence-corrected chi connectivity index (χ4v) is 2.92. The highest BCUT2D eigenvalue weighted by Gasteiger charge is 2.10. The number of hydrogen-bond acceptors (Lipinski definition) is 5. The molecule has 144 valence electrons. The third kappa shape index (κ3) is 6.22. The Morgan fingerprint density at radius 3 is 1.44 bits per heavy atom. The fraction of sp³-hybridized carbons (Fsp3) is 0.364. The number of esters is 2. The molecule has 0 saturated carbocycles. The van der Waals surface area contributed by atoms with Crippen LogP contribution in [-0.4, -0.2) is 37.9 Å². The van der Waals surface area contributed by atoms with E-state index in [9.17, 15) is 14.7 Å². The van der Waals surface area contributed by atoms with Gasteiger partial charge in [0.1, 0.15) is 0 Å². The van der Waals surface area contributed by atoms with Crippen LogP contribution >= 0.6 is 0 Å². The van der Waals surface area contributed by atoms with Crippen molar-refractivity contribution in [3.05, 3.63) is 70.8 Å². The van der Waals surface area contributed by atoms with Crippen molar-refractivity contribution in [2.24, 2.45) is 5.92 Å². The van der Waals surface area contributed by atoms with Gasteiger partial charge in [-0.2, -0.15) is 0 Å². The smallest absolute Gasteiger partial charge is 0.337 e. The lowest BCUT2D eigenvalue weighted by Gasteiger charge is -2.14. The van der Waals surface area contributed by atoms with Crippen molar-refractivity contribution < 1.29 is 24.2 Å². The van der Waals surface area contributed by atoms with E-state index < -0.39 is 0 Å². The van der Waals surface area contributed by atoms with E-state index in [1.807, 2.05) is 24.3 Å². The van der Waals surface area contributed by atoms with Crippen molar-refractivity contribution in [3.63, 3.8) is 0 Å². The summed E-state index contributed by atoms with van der Waals surface area (Å²) >= 11 is 0. The first-order valence-electron chi connectivity index (χ1n) is 9.02. The topological polar surface area (TPSA) is 72.8 Å². The molecule has 0 bridgehead atoms. The summed E-state index contributed by atoms with van der Waals surface area (Å²) in [5.74, 6) is -0.480. The second kappa shape index (κ2) is 10.5. The molecule has 0 saturated heterocycles. The van der Waals surface area contributed by atoms with E-state index in [4.69, 9.17) is 9.47 Å². The summed E-state index contributed by atoms with van der Waals surface area (Å²) in [6, 6.07) is 14.7. The van der Waals surface area contributed by atoms with Crippen LogP contribution in [0.25, 0.3) is 0 Å². The van der Waals surface area contributed by atoms with Gasteiger partial charge < -0.3 is 14.6 Å². The lowest BCUT2D eigenvalue weighted by molar-refractivity contribution is 0.0592. The summed E-state index contributed by atoms with van der Waals surface area (Å²) in [7, 11) is 2.73. The minimum Gasteiger partial charge on any atom is -0.465 e. The molecule has 2 aromatic rings. The number of benzene rings is 2. The van der Waals surface area contributed by atoms with Crippen molar-refractivity contribution in [3.8, 4) is 0 Å². The molecule has 0 unspecified atom stereocenters. The SMILES string of the molecule is COC(=O)c1ccc(CCC(CO)CCc2ccc(C(=O)OC)cc2)cc1. The van der Waals surface area contributed by atoms with Gasteiger partial charge in [-0.1, -0.05) is 24.3 Å². The van der Waals surface area contributed by atoms with Crippen LogP contribution in [0.15, 0.2) is 48.5 Å². The predicted octanol–water partition coefficient (Wildman–Crippen LogP) is 3.43. The minimum absolute atomic E-state index is 0.139. The van der Waals surface area contributed by atoms with Gasteiger partial charge in [-0.25, -0.2) is 9.59 Å². The first-order valence-corrected chi connectivity index (χ1v) is 9.02. The molecule has 0 aromatic heterocycles. The zero-order chi connectivity index (χ0) is 19.6. The summed E-state index contributed by atoms with van der Waals surface area (Å²) < 4.78 is 9.39. The molecular formula is C22H26O5. The molecule has 0 aliphatic rings. The molecule has 0 radical (unpaired) electrons. The maximum absolute atomic E-state index is 11.5. The Morgan fingerprint density at radius 1 is 0.778 bits per heavy atom. The summed E-state index contributed by atoms with van der Waals surface area (Å²) in [5, 5.41) is 9.66. The summed E-state index contributed by atoms with van der Waals surface area (Å²) in [6.45, 7) is 0.139. The molecule has 0 amide bonds. The molecule has 0 aliphatic heterocycles. The van der Waals surface area contributed by atoms with Crippen molar-refractivity contribution >= 4 is 11.9 Å². The van der Waals surface area contributed by atoms with E-state index in [-0.39, 0.29) is 24.5 Å². The minimum atomic E-state index is -0.340. The van der Waals surface area contributed by atoms with E-state index in [2.05, 4.69) is 0 Å². The Hall–Kier alpha value is -2.66. The first-order chi connectivity index (χ1) is 13.1. The standard InChI is InChI=1S/C22H26O5/c1-26-21(24)19-11-7-16(8-12-19)3-5-18(15-23)6-4-17-9-13-20(14-10-17)22(25)27-2/h7-14,18,23H,3-6,15H2,1-2H3. The van der Waals surface area contributed by atoms with Gasteiger partial charge in [-0.3, -0.25) is 0 Å². The van der Waals surface area contributed by atoms with Gasteiger partial charge >= 0.3 is 11.9 Å². The highest BCUT2D eigenvalue weighted by molar-refractivity contribution is 5.89. The molecule has 27 heavy (non-hydrogen) atoms. The zero-order valence-corrected chi connectivity index (χ0v) is 15.8. The second-order valence-corrected chi connectivity index (χ2v) is 6.50. The first kappa shape index (κ1) is 20.6. The molecular weight excluding hydrogens is 344 g/mol. The molecule has 5 heteroatoms. The Balaban J connectivity index is 1.83. The summed E-state index contributed by atoms with van der Waals surface area (Å²) in [5.41, 5.74) is 3.33. The molecule has 2 rings (SSSR count). The van der Waals surface area contributed by atoms with Crippen LogP contribution in [0.3, 0.4) is 0 Å². The lowest BCUT2D eigenvalue weighted by Crippen LogP contribution is -2.09. The summed E-state index contributed by atoms with van der Waals surface area (Å²) in [4.78, 5) is 22.9. The Bertz CT molecular complexity index is 671. The van der Waals surface area contributed by atoms with Gasteiger partial charge in [0.15, 0.2) is 0 Å². The largest absolute Gasteiger partial charge is 0.465 e. The molecule has 0 aliphatic carbocycles. The van der Waals surface area contributed by atoms with E-state index in [0.717, 1.165) is 36.8 Å². The van der Waals surface area contributed by atoms with Gasteiger partial charge in [0.25, 0.3) is 0 Å². The third-order valence-corrected chi connectivity index (χ3v) is 4.69. The molecule has 0 heterocycles. The number of aliphatic hydroxyl groups is 1. The number of ether oxygens (including phenoxy) is 2. The summed E-state index contributed by atoms with van der Waals surface area (Å²) in [6.07, 6.45) is 3.42. The van der Waals surface area contributed by atoms with Crippen LogP contribution in [0.2, 0.25) is 0 Å². The maximum Gasteiger partial charge on any atom is 0.337 e. The third-order valence-electron chi connectivity index (χ3n) is 4.69. The van der Waals surface area contributed by atoms with Gasteiger partial charge in [0.05, 0.1) is 25.3 Å². The Morgan fingerprint density at radius 2 is 1.15 bits per heavy atom. The van der Waals surface area contributed by atoms with Gasteiger partial charge in [0.2, 0.25) is 0 Å². The van der Waals surface area contributed by atoms with Gasteiger partial charge in [0, 0.05) is 6.61 Å². The Labute approximate surface area is 159 Å². The number of carbonyl (C=O) groups is 2. The van der Waals surface area contributed by atoms with Crippen molar-refractivity contribution in [1.82, 2.24) is 0 Å². The predicted molar refractivity (Wildman–Crippen MR) is 103 cm³/mol. The Kier molecular flexibility index (Phi) is 8.01. The van der Waals surface area contributed by atoms with Gasteiger partial charge in [-0.05, 0) is 67.0 Å². The number of aryl methyl sites for hydroxylation is 2. The van der Waals surface area contributed by atoms with Crippen LogP contribution < -0.4 is 0 Å². The quantitative estimate of drug-likeness (QED) is 0.685. The average molecular weight is 370 g/mol. The highest BCUT2D eigenvalue weighted by Crippen LogP contribution is 2.17. The van der Waals surface area contributed by atoms with Gasteiger partial charge in [-0.15, -0.1) is 0 Å². The normalized spacial score (nSPS) is 10.7. The number of rotatable bonds is 9. The van der Waals surface area contributed by atoms with Crippen LogP contribution in [0, 0.1) is 5.92 Å². The van der Waals surface area contributed by atoms with E-state index >= 15 is 0 Å². The van der Waals surface area contributed by atoms with Crippen LogP contribution in [0.4, 0.5) is 0 Å². The molecule has 2 aromatic carbocycles. The number of carbonyl (C=O) groups excluding carboxylic acids is 2. The zero-order valence-electron chi connectivity index (χ0n) is 15.8. The molecule has 1 N–H and O–H groups in total. The van der Waals surface area contributed by atoms with E-state index in [1.54, 1.807) is 24.3 Å². The molecule has 0 fully saturated rings. The van der Waals surface area contributed by atoms with Crippen LogP contribution in [0.5, 0.6) is 0 Å². The van der Waals surface area contributed by atoms with Crippen LogP contribution in [-0.2, 0) is 22.3 Å². The highest BCUT2D eigenvalue weighted by atomic mass is 16.5. The molecule has 0 spiro atoms. The van der Waals surface area contributed by atoms with Crippen molar-refractivity contribution in [1.29, 1.82) is 0 Å². The monoisotopic (exact) mass is 370 g/mol. The maximum atomic E-state index is 11.5. The average Bonchev–Trinajstić information content (AvgIpc) is 2.73.